The molecule has 3 N–H and O–H groups in total. The van der Waals surface area contributed by atoms with Gasteiger partial charge in [0.15, 0.2) is 5.84 Å². The highest BCUT2D eigenvalue weighted by Gasteiger charge is 2.53. The maximum Gasteiger partial charge on any atom is 0.236 e. The third-order valence-corrected chi connectivity index (χ3v) is 4.88. The normalized spacial score (nSPS) is 34.8. The number of carbonyl (C=O) groups excluding carboxylic acids is 1. The third-order valence-electron chi connectivity index (χ3n) is 4.88. The van der Waals surface area contributed by atoms with Gasteiger partial charge < -0.3 is 15.8 Å². The van der Waals surface area contributed by atoms with Crippen LogP contribution in [-0.2, 0) is 4.79 Å². The Labute approximate surface area is 101 Å². The first-order chi connectivity index (χ1) is 8.17. The first kappa shape index (κ1) is 10.9. The second-order valence-corrected chi connectivity index (χ2v) is 5.71. The molecule has 1 saturated heterocycles. The number of hydrogen-bond donors (Lipinski definition) is 2. The lowest BCUT2D eigenvalue weighted by Crippen LogP contribution is -2.56. The van der Waals surface area contributed by atoms with E-state index >= 15 is 0 Å². The average molecular weight is 237 g/mol. The fraction of sp³-hybridized carbons (Fsp3) is 0.833. The van der Waals surface area contributed by atoms with E-state index < -0.39 is 5.41 Å². The maximum atomic E-state index is 12.6. The Morgan fingerprint density at radius 3 is 2.59 bits per heavy atom. The smallest absolute Gasteiger partial charge is 0.236 e. The Balaban J connectivity index is 1.81. The number of fused-ring (bicyclic) bond motifs is 2. The summed E-state index contributed by atoms with van der Waals surface area (Å²) in [5.41, 5.74) is 5.05. The van der Waals surface area contributed by atoms with E-state index in [0.717, 1.165) is 38.6 Å². The standard InChI is InChI=1S/C12H19N3O2/c13-10(14-17)12(4-1-5-12)11(16)15-7-8-2-3-9(15)6-8/h8-9,17H,1-7H2,(H2,13,14). The van der Waals surface area contributed by atoms with Crippen molar-refractivity contribution in [3.8, 4) is 0 Å². The van der Waals surface area contributed by atoms with Crippen molar-refractivity contribution in [3.63, 3.8) is 0 Å². The van der Waals surface area contributed by atoms with Crippen LogP contribution >= 0.6 is 0 Å². The molecule has 0 aromatic carbocycles. The van der Waals surface area contributed by atoms with Gasteiger partial charge in [-0.25, -0.2) is 0 Å². The Kier molecular flexibility index (Phi) is 2.31. The molecule has 17 heavy (non-hydrogen) atoms. The largest absolute Gasteiger partial charge is 0.409 e. The van der Waals surface area contributed by atoms with Crippen molar-refractivity contribution in [3.05, 3.63) is 0 Å². The van der Waals surface area contributed by atoms with Crippen molar-refractivity contribution in [1.29, 1.82) is 0 Å². The zero-order valence-corrected chi connectivity index (χ0v) is 9.93. The Hall–Kier alpha value is -1.26. The molecule has 3 rings (SSSR count). The minimum atomic E-state index is -0.681. The van der Waals surface area contributed by atoms with E-state index in [2.05, 4.69) is 5.16 Å². The predicted octanol–water partition coefficient (Wildman–Crippen LogP) is 0.914. The number of oxime groups is 1. The van der Waals surface area contributed by atoms with E-state index in [1.807, 2.05) is 4.90 Å². The number of likely N-dealkylation sites (tertiary alicyclic amines) is 1. The van der Waals surface area contributed by atoms with Gasteiger partial charge in [-0.15, -0.1) is 0 Å². The molecule has 0 aromatic rings. The van der Waals surface area contributed by atoms with E-state index in [0.29, 0.717) is 12.0 Å². The second kappa shape index (κ2) is 3.62. The zero-order chi connectivity index (χ0) is 12.0. The van der Waals surface area contributed by atoms with Crippen LogP contribution in [0.4, 0.5) is 0 Å². The summed E-state index contributed by atoms with van der Waals surface area (Å²) in [7, 11) is 0. The fourth-order valence-corrected chi connectivity index (χ4v) is 3.65. The molecule has 94 valence electrons. The summed E-state index contributed by atoms with van der Waals surface area (Å²) in [4.78, 5) is 14.6. The van der Waals surface area contributed by atoms with E-state index in [9.17, 15) is 4.79 Å². The molecule has 1 amide bonds. The maximum absolute atomic E-state index is 12.6. The summed E-state index contributed by atoms with van der Waals surface area (Å²) in [6.45, 7) is 0.879. The first-order valence-corrected chi connectivity index (χ1v) is 6.46. The van der Waals surface area contributed by atoms with Gasteiger partial charge >= 0.3 is 0 Å². The van der Waals surface area contributed by atoms with Gasteiger partial charge in [-0.05, 0) is 38.0 Å². The molecule has 3 aliphatic rings. The van der Waals surface area contributed by atoms with Gasteiger partial charge in [0.05, 0.1) is 0 Å². The van der Waals surface area contributed by atoms with Gasteiger partial charge in [-0.3, -0.25) is 4.79 Å². The van der Waals surface area contributed by atoms with Crippen LogP contribution in [-0.4, -0.2) is 34.4 Å². The van der Waals surface area contributed by atoms with Crippen molar-refractivity contribution >= 4 is 11.7 Å². The first-order valence-electron chi connectivity index (χ1n) is 6.46. The second-order valence-electron chi connectivity index (χ2n) is 5.71. The molecular weight excluding hydrogens is 218 g/mol. The summed E-state index contributed by atoms with van der Waals surface area (Å²) in [6, 6.07) is 0.413. The fourth-order valence-electron chi connectivity index (χ4n) is 3.65. The molecule has 2 saturated carbocycles. The molecule has 2 atom stereocenters. The summed E-state index contributed by atoms with van der Waals surface area (Å²) in [5.74, 6) is 0.899. The van der Waals surface area contributed by atoms with E-state index in [1.54, 1.807) is 0 Å². The summed E-state index contributed by atoms with van der Waals surface area (Å²) >= 11 is 0. The molecule has 0 radical (unpaired) electrons. The Morgan fingerprint density at radius 1 is 1.41 bits per heavy atom. The number of amides is 1. The van der Waals surface area contributed by atoms with Crippen molar-refractivity contribution in [2.45, 2.75) is 44.6 Å². The van der Waals surface area contributed by atoms with Crippen LogP contribution in [0.1, 0.15) is 38.5 Å². The molecule has 2 unspecified atom stereocenters. The lowest BCUT2D eigenvalue weighted by Gasteiger charge is -2.43. The minimum absolute atomic E-state index is 0.103. The lowest BCUT2D eigenvalue weighted by atomic mass is 9.66. The number of amidine groups is 1. The average Bonchev–Trinajstić information content (AvgIpc) is 2.88. The van der Waals surface area contributed by atoms with Crippen molar-refractivity contribution in [2.24, 2.45) is 22.2 Å². The summed E-state index contributed by atoms with van der Waals surface area (Å²) in [5, 5.41) is 11.9. The lowest BCUT2D eigenvalue weighted by molar-refractivity contribution is -0.143. The molecule has 0 aromatic heterocycles. The number of nitrogens with two attached hydrogens (primary N) is 1. The number of hydrogen-bond acceptors (Lipinski definition) is 3. The molecule has 5 heteroatoms. The van der Waals surface area contributed by atoms with Crippen LogP contribution in [0.25, 0.3) is 0 Å². The van der Waals surface area contributed by atoms with Crippen LogP contribution in [0.2, 0.25) is 0 Å². The van der Waals surface area contributed by atoms with Gasteiger partial charge in [-0.2, -0.15) is 0 Å². The van der Waals surface area contributed by atoms with E-state index in [-0.39, 0.29) is 11.7 Å². The monoisotopic (exact) mass is 237 g/mol. The highest BCUT2D eigenvalue weighted by Crippen LogP contribution is 2.46. The molecule has 2 bridgehead atoms. The van der Waals surface area contributed by atoms with Gasteiger partial charge in [0.2, 0.25) is 5.91 Å². The molecule has 5 nitrogen and oxygen atoms in total. The van der Waals surface area contributed by atoms with Gasteiger partial charge in [0.1, 0.15) is 5.41 Å². The highest BCUT2D eigenvalue weighted by atomic mass is 16.4. The summed E-state index contributed by atoms with van der Waals surface area (Å²) < 4.78 is 0. The molecule has 1 heterocycles. The highest BCUT2D eigenvalue weighted by molar-refractivity contribution is 6.07. The zero-order valence-electron chi connectivity index (χ0n) is 9.93. The van der Waals surface area contributed by atoms with Crippen LogP contribution in [0, 0.1) is 11.3 Å². The Bertz CT molecular complexity index is 376. The van der Waals surface area contributed by atoms with E-state index in [1.165, 1.54) is 6.42 Å². The van der Waals surface area contributed by atoms with Gasteiger partial charge in [0.25, 0.3) is 0 Å². The number of rotatable bonds is 2. The molecular formula is C12H19N3O2. The quantitative estimate of drug-likeness (QED) is 0.324. The molecule has 2 aliphatic carbocycles. The SMILES string of the molecule is NC(=NO)C1(C(=O)N2CC3CCC2C3)CCC1. The predicted molar refractivity (Wildman–Crippen MR) is 62.5 cm³/mol. The van der Waals surface area contributed by atoms with Crippen LogP contribution in [0.3, 0.4) is 0 Å². The van der Waals surface area contributed by atoms with Crippen molar-refractivity contribution in [1.82, 2.24) is 4.90 Å². The van der Waals surface area contributed by atoms with Crippen molar-refractivity contribution in [2.75, 3.05) is 6.54 Å². The minimum Gasteiger partial charge on any atom is -0.409 e. The number of carbonyl (C=O) groups is 1. The molecule has 0 spiro atoms. The molecule has 1 aliphatic heterocycles. The third kappa shape index (κ3) is 1.37. The van der Waals surface area contributed by atoms with Gasteiger partial charge in [-0.1, -0.05) is 11.6 Å². The van der Waals surface area contributed by atoms with Gasteiger partial charge in [0, 0.05) is 12.6 Å². The summed E-state index contributed by atoms with van der Waals surface area (Å²) in [6.07, 6.45) is 5.99. The van der Waals surface area contributed by atoms with Crippen LogP contribution < -0.4 is 5.73 Å². The topological polar surface area (TPSA) is 78.9 Å². The Morgan fingerprint density at radius 2 is 2.18 bits per heavy atom. The molecule has 3 fully saturated rings. The number of nitrogens with zero attached hydrogens (tertiary/aromatic N) is 2. The van der Waals surface area contributed by atoms with Crippen molar-refractivity contribution < 1.29 is 10.0 Å². The van der Waals surface area contributed by atoms with Crippen LogP contribution in [0.15, 0.2) is 5.16 Å². The van der Waals surface area contributed by atoms with Crippen LogP contribution in [0.5, 0.6) is 0 Å². The van der Waals surface area contributed by atoms with E-state index in [4.69, 9.17) is 10.9 Å². The number of piperidine rings is 1.